The van der Waals surface area contributed by atoms with Crippen molar-refractivity contribution in [3.8, 4) is 0 Å². The number of hydrogen-bond donors (Lipinski definition) is 0. The van der Waals surface area contributed by atoms with Gasteiger partial charge in [-0.05, 0) is 37.5 Å². The summed E-state index contributed by atoms with van der Waals surface area (Å²) in [6.45, 7) is 6.38. The van der Waals surface area contributed by atoms with Crippen LogP contribution in [0.5, 0.6) is 0 Å². The lowest BCUT2D eigenvalue weighted by atomic mass is 10.0. The van der Waals surface area contributed by atoms with Gasteiger partial charge in [0.2, 0.25) is 0 Å². The van der Waals surface area contributed by atoms with Gasteiger partial charge in [-0.15, -0.1) is 0 Å². The molecule has 0 aromatic heterocycles. The molecule has 2 rings (SSSR count). The predicted molar refractivity (Wildman–Crippen MR) is 75.9 cm³/mol. The Balaban J connectivity index is 2.27. The highest BCUT2D eigenvalue weighted by molar-refractivity contribution is 5.80. The maximum absolute atomic E-state index is 2.23. The standard InChI is InChI=1S/C17H18/c1-13-4-8-16(9-5-13)12-15(3)17-10-6-14(2)7-11-17/h4-12H,1-3H3/b15-12-. The lowest BCUT2D eigenvalue weighted by Gasteiger charge is -2.03. The van der Waals surface area contributed by atoms with E-state index in [0.717, 1.165) is 0 Å². The second-order valence-corrected chi connectivity index (χ2v) is 4.60. The third kappa shape index (κ3) is 3.07. The lowest BCUT2D eigenvalue weighted by molar-refractivity contribution is 1.44. The molecule has 0 amide bonds. The summed E-state index contributed by atoms with van der Waals surface area (Å²) >= 11 is 0. The summed E-state index contributed by atoms with van der Waals surface area (Å²) < 4.78 is 0. The van der Waals surface area contributed by atoms with Crippen molar-refractivity contribution in [3.05, 3.63) is 70.8 Å². The maximum atomic E-state index is 2.23. The van der Waals surface area contributed by atoms with Crippen LogP contribution < -0.4 is 0 Å². The predicted octanol–water partition coefficient (Wildman–Crippen LogP) is 4.86. The molecule has 0 aliphatic rings. The highest BCUT2D eigenvalue weighted by Crippen LogP contribution is 2.18. The van der Waals surface area contributed by atoms with E-state index in [4.69, 9.17) is 0 Å². The highest BCUT2D eigenvalue weighted by Gasteiger charge is 1.95. The molecule has 0 bridgehead atoms. The van der Waals surface area contributed by atoms with Gasteiger partial charge >= 0.3 is 0 Å². The molecule has 0 aliphatic carbocycles. The van der Waals surface area contributed by atoms with Crippen molar-refractivity contribution < 1.29 is 0 Å². The van der Waals surface area contributed by atoms with Gasteiger partial charge in [-0.1, -0.05) is 65.7 Å². The zero-order valence-corrected chi connectivity index (χ0v) is 10.7. The average Bonchev–Trinajstić information content (AvgIpc) is 2.33. The van der Waals surface area contributed by atoms with Gasteiger partial charge in [0.15, 0.2) is 0 Å². The van der Waals surface area contributed by atoms with Gasteiger partial charge < -0.3 is 0 Å². The Hall–Kier alpha value is -1.82. The normalized spacial score (nSPS) is 11.6. The first-order chi connectivity index (χ1) is 8.15. The fourth-order valence-corrected chi connectivity index (χ4v) is 1.81. The Morgan fingerprint density at radius 1 is 0.765 bits per heavy atom. The van der Waals surface area contributed by atoms with Gasteiger partial charge in [-0.2, -0.15) is 0 Å². The van der Waals surface area contributed by atoms with Crippen LogP contribution in [0.4, 0.5) is 0 Å². The van der Waals surface area contributed by atoms with Crippen molar-refractivity contribution in [2.75, 3.05) is 0 Å². The minimum Gasteiger partial charge on any atom is -0.0587 e. The van der Waals surface area contributed by atoms with Crippen molar-refractivity contribution in [1.82, 2.24) is 0 Å². The van der Waals surface area contributed by atoms with E-state index in [2.05, 4.69) is 75.4 Å². The molecule has 0 nitrogen and oxygen atoms in total. The average molecular weight is 222 g/mol. The molecule has 17 heavy (non-hydrogen) atoms. The molecule has 0 unspecified atom stereocenters. The van der Waals surface area contributed by atoms with Crippen molar-refractivity contribution in [2.24, 2.45) is 0 Å². The highest BCUT2D eigenvalue weighted by atomic mass is 14.0. The summed E-state index contributed by atoms with van der Waals surface area (Å²) in [6, 6.07) is 17.3. The van der Waals surface area contributed by atoms with Crippen LogP contribution in [0, 0.1) is 13.8 Å². The van der Waals surface area contributed by atoms with E-state index in [-0.39, 0.29) is 0 Å². The lowest BCUT2D eigenvalue weighted by Crippen LogP contribution is -1.81. The summed E-state index contributed by atoms with van der Waals surface area (Å²) in [6.07, 6.45) is 2.23. The molecule has 0 radical (unpaired) electrons. The molecule has 86 valence electrons. The molecule has 0 heteroatoms. The third-order valence-corrected chi connectivity index (χ3v) is 2.97. The first-order valence-corrected chi connectivity index (χ1v) is 5.97. The third-order valence-electron chi connectivity index (χ3n) is 2.97. The summed E-state index contributed by atoms with van der Waals surface area (Å²) in [5.74, 6) is 0. The molecule has 0 saturated carbocycles. The van der Waals surface area contributed by atoms with E-state index >= 15 is 0 Å². The number of rotatable bonds is 2. The van der Waals surface area contributed by atoms with Crippen molar-refractivity contribution >= 4 is 11.6 Å². The van der Waals surface area contributed by atoms with Gasteiger partial charge in [0.25, 0.3) is 0 Å². The van der Waals surface area contributed by atoms with E-state index in [0.29, 0.717) is 0 Å². The molecular formula is C17H18. The van der Waals surface area contributed by atoms with Gasteiger partial charge in [0.05, 0.1) is 0 Å². The molecule has 0 heterocycles. The first kappa shape index (κ1) is 11.7. The van der Waals surface area contributed by atoms with Crippen LogP contribution in [0.1, 0.15) is 29.2 Å². The molecule has 2 aromatic carbocycles. The van der Waals surface area contributed by atoms with Crippen LogP contribution in [0.3, 0.4) is 0 Å². The molecule has 0 spiro atoms. The second-order valence-electron chi connectivity index (χ2n) is 4.60. The minimum atomic E-state index is 1.26. The summed E-state index contributed by atoms with van der Waals surface area (Å²) in [5, 5.41) is 0. The van der Waals surface area contributed by atoms with E-state index in [9.17, 15) is 0 Å². The molecule has 0 atom stereocenters. The second kappa shape index (κ2) is 5.01. The summed E-state index contributed by atoms with van der Waals surface area (Å²) in [7, 11) is 0. The smallest absolute Gasteiger partial charge is 0.0227 e. The molecule has 0 saturated heterocycles. The van der Waals surface area contributed by atoms with E-state index in [1.54, 1.807) is 0 Å². The van der Waals surface area contributed by atoms with Crippen LogP contribution in [0.2, 0.25) is 0 Å². The monoisotopic (exact) mass is 222 g/mol. The topological polar surface area (TPSA) is 0 Å². The van der Waals surface area contributed by atoms with Gasteiger partial charge in [-0.3, -0.25) is 0 Å². The van der Waals surface area contributed by atoms with Crippen LogP contribution in [0.15, 0.2) is 48.5 Å². The largest absolute Gasteiger partial charge is 0.0587 e. The molecule has 0 aliphatic heterocycles. The van der Waals surface area contributed by atoms with Gasteiger partial charge in [0, 0.05) is 0 Å². The van der Waals surface area contributed by atoms with Gasteiger partial charge in [-0.25, -0.2) is 0 Å². The van der Waals surface area contributed by atoms with Crippen LogP contribution >= 0.6 is 0 Å². The number of benzene rings is 2. The van der Waals surface area contributed by atoms with E-state index in [1.807, 2.05) is 0 Å². The van der Waals surface area contributed by atoms with E-state index < -0.39 is 0 Å². The number of hydrogen-bond acceptors (Lipinski definition) is 0. The van der Waals surface area contributed by atoms with Crippen LogP contribution in [-0.4, -0.2) is 0 Å². The molecule has 0 N–H and O–H groups in total. The fraction of sp³-hybridized carbons (Fsp3) is 0.176. The SMILES string of the molecule is C/C(=C/c1ccc(C)cc1)c1ccc(C)cc1. The molecular weight excluding hydrogens is 204 g/mol. The summed E-state index contributed by atoms with van der Waals surface area (Å²) in [4.78, 5) is 0. The van der Waals surface area contributed by atoms with Crippen molar-refractivity contribution in [2.45, 2.75) is 20.8 Å². The molecule has 2 aromatic rings. The van der Waals surface area contributed by atoms with E-state index in [1.165, 1.54) is 27.8 Å². The number of allylic oxidation sites excluding steroid dienone is 1. The zero-order valence-electron chi connectivity index (χ0n) is 10.7. The Morgan fingerprint density at radius 2 is 1.24 bits per heavy atom. The van der Waals surface area contributed by atoms with Gasteiger partial charge in [0.1, 0.15) is 0 Å². The zero-order chi connectivity index (χ0) is 12.3. The summed E-state index contributed by atoms with van der Waals surface area (Å²) in [5.41, 5.74) is 6.45. The van der Waals surface area contributed by atoms with Crippen molar-refractivity contribution in [1.29, 1.82) is 0 Å². The fourth-order valence-electron chi connectivity index (χ4n) is 1.81. The minimum absolute atomic E-state index is 1.26. The number of aryl methyl sites for hydroxylation is 2. The van der Waals surface area contributed by atoms with Crippen LogP contribution in [-0.2, 0) is 0 Å². The maximum Gasteiger partial charge on any atom is -0.0227 e. The Kier molecular flexibility index (Phi) is 3.43. The Morgan fingerprint density at radius 3 is 1.76 bits per heavy atom. The first-order valence-electron chi connectivity index (χ1n) is 5.97. The van der Waals surface area contributed by atoms with Crippen molar-refractivity contribution in [3.63, 3.8) is 0 Å². The quantitative estimate of drug-likeness (QED) is 0.636. The Labute approximate surface area is 104 Å². The molecule has 0 fully saturated rings. The van der Waals surface area contributed by atoms with Crippen LogP contribution in [0.25, 0.3) is 11.6 Å². The Bertz CT molecular complexity index is 513.